The van der Waals surface area contributed by atoms with Crippen molar-refractivity contribution in [3.8, 4) is 11.5 Å². The lowest BCUT2D eigenvalue weighted by Crippen LogP contribution is -2.30. The van der Waals surface area contributed by atoms with E-state index in [0.717, 1.165) is 22.5 Å². The van der Waals surface area contributed by atoms with Gasteiger partial charge in [-0.1, -0.05) is 12.1 Å². The van der Waals surface area contributed by atoms with Gasteiger partial charge >= 0.3 is 0 Å². The third kappa shape index (κ3) is 2.94. The van der Waals surface area contributed by atoms with E-state index in [-0.39, 0.29) is 5.91 Å². The SMILES string of the molecule is C[C@H](C(=O)NCc1ccco1)n1c(-c2cscn2)nc2ccccc21. The molecule has 126 valence electrons. The summed E-state index contributed by atoms with van der Waals surface area (Å²) in [6.07, 6.45) is 1.59. The predicted molar refractivity (Wildman–Crippen MR) is 96.1 cm³/mol. The molecule has 0 aliphatic carbocycles. The first-order valence-corrected chi connectivity index (χ1v) is 8.84. The van der Waals surface area contributed by atoms with Crippen molar-refractivity contribution in [1.82, 2.24) is 19.9 Å². The number of carbonyl (C=O) groups excluding carboxylic acids is 1. The number of rotatable bonds is 5. The first kappa shape index (κ1) is 15.6. The zero-order valence-electron chi connectivity index (χ0n) is 13.5. The molecule has 0 radical (unpaired) electrons. The summed E-state index contributed by atoms with van der Waals surface area (Å²) in [4.78, 5) is 21.7. The van der Waals surface area contributed by atoms with Crippen molar-refractivity contribution >= 4 is 28.3 Å². The lowest BCUT2D eigenvalue weighted by molar-refractivity contribution is -0.124. The molecule has 1 aromatic carbocycles. The van der Waals surface area contributed by atoms with Gasteiger partial charge in [0.05, 0.1) is 29.4 Å². The number of amides is 1. The van der Waals surface area contributed by atoms with Crippen LogP contribution in [0.5, 0.6) is 0 Å². The van der Waals surface area contributed by atoms with E-state index in [0.29, 0.717) is 12.4 Å². The van der Waals surface area contributed by atoms with E-state index in [4.69, 9.17) is 4.42 Å². The summed E-state index contributed by atoms with van der Waals surface area (Å²) in [5.41, 5.74) is 4.29. The molecule has 0 spiro atoms. The predicted octanol–water partition coefficient (Wildman–Crippen LogP) is 3.63. The Hall–Kier alpha value is -2.93. The molecule has 0 saturated carbocycles. The van der Waals surface area contributed by atoms with Gasteiger partial charge in [-0.05, 0) is 31.2 Å². The zero-order valence-corrected chi connectivity index (χ0v) is 14.4. The average molecular weight is 352 g/mol. The minimum absolute atomic E-state index is 0.101. The van der Waals surface area contributed by atoms with Crippen LogP contribution in [-0.2, 0) is 11.3 Å². The number of furan rings is 1. The van der Waals surface area contributed by atoms with Gasteiger partial charge in [0, 0.05) is 5.38 Å². The topological polar surface area (TPSA) is 73.0 Å². The van der Waals surface area contributed by atoms with Gasteiger partial charge < -0.3 is 14.3 Å². The number of nitrogens with zero attached hydrogens (tertiary/aromatic N) is 3. The van der Waals surface area contributed by atoms with Crippen molar-refractivity contribution in [1.29, 1.82) is 0 Å². The van der Waals surface area contributed by atoms with Gasteiger partial charge in [-0.3, -0.25) is 4.79 Å². The van der Waals surface area contributed by atoms with Crippen LogP contribution in [0.4, 0.5) is 0 Å². The molecule has 1 amide bonds. The minimum Gasteiger partial charge on any atom is -0.467 e. The molecule has 0 fully saturated rings. The summed E-state index contributed by atoms with van der Waals surface area (Å²) >= 11 is 1.50. The first-order chi connectivity index (χ1) is 12.2. The third-order valence-electron chi connectivity index (χ3n) is 4.04. The highest BCUT2D eigenvalue weighted by atomic mass is 32.1. The lowest BCUT2D eigenvalue weighted by atomic mass is 10.2. The van der Waals surface area contributed by atoms with Gasteiger partial charge in [0.2, 0.25) is 5.91 Å². The summed E-state index contributed by atoms with van der Waals surface area (Å²) in [5.74, 6) is 1.31. The van der Waals surface area contributed by atoms with Crippen LogP contribution in [0.15, 0.2) is 58.0 Å². The molecule has 7 heteroatoms. The summed E-state index contributed by atoms with van der Waals surface area (Å²) in [7, 11) is 0. The van der Waals surface area contributed by atoms with E-state index < -0.39 is 6.04 Å². The van der Waals surface area contributed by atoms with Crippen molar-refractivity contribution < 1.29 is 9.21 Å². The van der Waals surface area contributed by atoms with Gasteiger partial charge in [0.1, 0.15) is 17.5 Å². The number of aromatic nitrogens is 3. The number of carbonyl (C=O) groups is 1. The van der Waals surface area contributed by atoms with Crippen LogP contribution >= 0.6 is 11.3 Å². The Balaban J connectivity index is 1.69. The molecule has 1 N–H and O–H groups in total. The minimum atomic E-state index is -0.431. The maximum atomic E-state index is 12.7. The number of benzene rings is 1. The van der Waals surface area contributed by atoms with Crippen LogP contribution < -0.4 is 5.32 Å². The fourth-order valence-electron chi connectivity index (χ4n) is 2.79. The highest BCUT2D eigenvalue weighted by Crippen LogP contribution is 2.28. The molecule has 6 nitrogen and oxygen atoms in total. The number of hydrogen-bond donors (Lipinski definition) is 1. The van der Waals surface area contributed by atoms with Crippen molar-refractivity contribution in [2.45, 2.75) is 19.5 Å². The largest absolute Gasteiger partial charge is 0.467 e. The van der Waals surface area contributed by atoms with Gasteiger partial charge in [-0.25, -0.2) is 9.97 Å². The summed E-state index contributed by atoms with van der Waals surface area (Å²) in [5, 5.41) is 4.85. The molecule has 0 aliphatic heterocycles. The second-order valence-electron chi connectivity index (χ2n) is 5.64. The number of fused-ring (bicyclic) bond motifs is 1. The maximum absolute atomic E-state index is 12.7. The molecule has 3 heterocycles. The Morgan fingerprint density at radius 1 is 1.32 bits per heavy atom. The highest BCUT2D eigenvalue weighted by molar-refractivity contribution is 7.07. The molecule has 1 atom stereocenters. The molecule has 3 aromatic heterocycles. The standard InChI is InChI=1S/C18H16N4O2S/c1-12(18(23)19-9-13-5-4-8-24-13)22-16-7-3-2-6-14(16)21-17(22)15-10-25-11-20-15/h2-8,10-12H,9H2,1H3,(H,19,23)/t12-/m1/s1. The van der Waals surface area contributed by atoms with Gasteiger partial charge in [0.25, 0.3) is 0 Å². The lowest BCUT2D eigenvalue weighted by Gasteiger charge is -2.16. The van der Waals surface area contributed by atoms with Crippen molar-refractivity contribution in [2.75, 3.05) is 0 Å². The Morgan fingerprint density at radius 3 is 2.96 bits per heavy atom. The number of nitrogens with one attached hydrogen (secondary N) is 1. The van der Waals surface area contributed by atoms with E-state index in [9.17, 15) is 4.79 Å². The fourth-order valence-corrected chi connectivity index (χ4v) is 3.32. The molecular weight excluding hydrogens is 336 g/mol. The van der Waals surface area contributed by atoms with E-state index >= 15 is 0 Å². The van der Waals surface area contributed by atoms with Crippen molar-refractivity contribution in [2.24, 2.45) is 0 Å². The fraction of sp³-hybridized carbons (Fsp3) is 0.167. The van der Waals surface area contributed by atoms with Crippen LogP contribution in [0.25, 0.3) is 22.6 Å². The quantitative estimate of drug-likeness (QED) is 0.595. The number of para-hydroxylation sites is 2. The number of thiazole rings is 1. The molecule has 0 aliphatic rings. The molecule has 0 unspecified atom stereocenters. The molecule has 4 rings (SSSR count). The molecule has 25 heavy (non-hydrogen) atoms. The highest BCUT2D eigenvalue weighted by Gasteiger charge is 2.23. The van der Waals surface area contributed by atoms with E-state index in [1.807, 2.05) is 47.2 Å². The molecule has 4 aromatic rings. The monoisotopic (exact) mass is 352 g/mol. The molecule has 0 bridgehead atoms. The molecule has 0 saturated heterocycles. The van der Waals surface area contributed by atoms with Crippen LogP contribution in [0, 0.1) is 0 Å². The number of imidazole rings is 1. The Morgan fingerprint density at radius 2 is 2.20 bits per heavy atom. The van der Waals surface area contributed by atoms with Crippen molar-refractivity contribution in [3.63, 3.8) is 0 Å². The van der Waals surface area contributed by atoms with Crippen LogP contribution in [-0.4, -0.2) is 20.4 Å². The Kier molecular flexibility index (Phi) is 4.07. The van der Waals surface area contributed by atoms with E-state index in [2.05, 4.69) is 15.3 Å². The van der Waals surface area contributed by atoms with Crippen LogP contribution in [0.1, 0.15) is 18.7 Å². The van der Waals surface area contributed by atoms with E-state index in [1.165, 1.54) is 11.3 Å². The van der Waals surface area contributed by atoms with Gasteiger partial charge in [0.15, 0.2) is 5.82 Å². The number of hydrogen-bond acceptors (Lipinski definition) is 5. The second-order valence-corrected chi connectivity index (χ2v) is 6.36. The van der Waals surface area contributed by atoms with E-state index in [1.54, 1.807) is 17.8 Å². The smallest absolute Gasteiger partial charge is 0.243 e. The summed E-state index contributed by atoms with van der Waals surface area (Å²) < 4.78 is 7.20. The Labute approximate surface area is 148 Å². The summed E-state index contributed by atoms with van der Waals surface area (Å²) in [6, 6.07) is 11.0. The first-order valence-electron chi connectivity index (χ1n) is 7.89. The average Bonchev–Trinajstić information content (AvgIpc) is 3.38. The zero-order chi connectivity index (χ0) is 17.2. The normalized spacial score (nSPS) is 12.4. The van der Waals surface area contributed by atoms with Gasteiger partial charge in [-0.15, -0.1) is 11.3 Å². The molecular formula is C18H16N4O2S. The summed E-state index contributed by atoms with van der Waals surface area (Å²) in [6.45, 7) is 2.22. The maximum Gasteiger partial charge on any atom is 0.243 e. The van der Waals surface area contributed by atoms with Gasteiger partial charge in [-0.2, -0.15) is 0 Å². The Bertz CT molecular complexity index is 990. The second kappa shape index (κ2) is 6.52. The van der Waals surface area contributed by atoms with Crippen LogP contribution in [0.3, 0.4) is 0 Å². The third-order valence-corrected chi connectivity index (χ3v) is 4.63. The van der Waals surface area contributed by atoms with Crippen LogP contribution in [0.2, 0.25) is 0 Å². The van der Waals surface area contributed by atoms with Crippen molar-refractivity contribution in [3.05, 3.63) is 59.3 Å².